The first kappa shape index (κ1) is 16.4. The molecule has 8 heteroatoms. The van der Waals surface area contributed by atoms with Gasteiger partial charge in [0.1, 0.15) is 6.04 Å². The molecule has 1 fully saturated rings. The highest BCUT2D eigenvalue weighted by Gasteiger charge is 2.32. The molecule has 1 aliphatic heterocycles. The van der Waals surface area contributed by atoms with Crippen molar-refractivity contribution in [3.8, 4) is 0 Å². The Morgan fingerprint density at radius 1 is 1.45 bits per heavy atom. The first-order valence-corrected chi connectivity index (χ1v) is 7.79. The monoisotopic (exact) mass is 325 g/mol. The number of nitrogens with zero attached hydrogens (tertiary/aromatic N) is 1. The van der Waals surface area contributed by atoms with Gasteiger partial charge in [-0.2, -0.15) is 0 Å². The second-order valence-corrected chi connectivity index (χ2v) is 6.20. The molecule has 1 aromatic heterocycles. The maximum absolute atomic E-state index is 12.1. The van der Waals surface area contributed by atoms with Gasteiger partial charge in [-0.3, -0.25) is 14.4 Å². The fraction of sp³-hybridized carbons (Fsp3) is 0.500. The summed E-state index contributed by atoms with van der Waals surface area (Å²) < 4.78 is 5.00. The van der Waals surface area contributed by atoms with E-state index in [9.17, 15) is 14.4 Å². The number of ether oxygens (including phenoxy) is 1. The number of hydrogen-bond donors (Lipinski definition) is 2. The van der Waals surface area contributed by atoms with E-state index in [0.717, 1.165) is 11.3 Å². The third-order valence-corrected chi connectivity index (χ3v) is 4.53. The Balaban J connectivity index is 1.87. The molecule has 1 atom stereocenters. The first-order valence-electron chi connectivity index (χ1n) is 6.97. The molecule has 1 aromatic rings. The lowest BCUT2D eigenvalue weighted by Gasteiger charge is -2.22. The van der Waals surface area contributed by atoms with Crippen molar-refractivity contribution in [2.75, 3.05) is 20.2 Å². The number of thiophene rings is 1. The van der Waals surface area contributed by atoms with Crippen molar-refractivity contribution in [2.45, 2.75) is 25.5 Å². The van der Waals surface area contributed by atoms with Gasteiger partial charge in [0, 0.05) is 18.5 Å². The molecule has 0 spiro atoms. The molecule has 0 radical (unpaired) electrons. The Morgan fingerprint density at radius 3 is 2.91 bits per heavy atom. The number of amides is 3. The van der Waals surface area contributed by atoms with Crippen molar-refractivity contribution in [1.82, 2.24) is 10.2 Å². The Kier molecular flexibility index (Phi) is 5.51. The van der Waals surface area contributed by atoms with Crippen LogP contribution in [0.5, 0.6) is 0 Å². The molecule has 0 aliphatic carbocycles. The van der Waals surface area contributed by atoms with Gasteiger partial charge in [0.05, 0.1) is 18.0 Å². The van der Waals surface area contributed by atoms with Crippen LogP contribution in [0, 0.1) is 0 Å². The van der Waals surface area contributed by atoms with Gasteiger partial charge in [-0.25, -0.2) is 0 Å². The number of carbonyl (C=O) groups excluding carboxylic acids is 3. The van der Waals surface area contributed by atoms with Crippen LogP contribution >= 0.6 is 11.3 Å². The van der Waals surface area contributed by atoms with E-state index in [-0.39, 0.29) is 18.4 Å². The number of primary amides is 1. The van der Waals surface area contributed by atoms with E-state index in [1.165, 1.54) is 16.2 Å². The fourth-order valence-corrected chi connectivity index (χ4v) is 3.32. The van der Waals surface area contributed by atoms with E-state index in [2.05, 4.69) is 5.32 Å². The summed E-state index contributed by atoms with van der Waals surface area (Å²) in [5, 5.41) is 2.58. The number of likely N-dealkylation sites (tertiary alicyclic amines) is 1. The average Bonchev–Trinajstić information content (AvgIpc) is 3.13. The van der Waals surface area contributed by atoms with Crippen molar-refractivity contribution in [2.24, 2.45) is 5.73 Å². The van der Waals surface area contributed by atoms with Crippen LogP contribution in [0.25, 0.3) is 0 Å². The Morgan fingerprint density at radius 2 is 2.23 bits per heavy atom. The first-order chi connectivity index (χ1) is 10.5. The van der Waals surface area contributed by atoms with Gasteiger partial charge in [0.25, 0.3) is 5.91 Å². The molecule has 3 N–H and O–H groups in total. The van der Waals surface area contributed by atoms with Crippen LogP contribution in [0.3, 0.4) is 0 Å². The molecule has 1 saturated heterocycles. The Bertz CT molecular complexity index is 572. The van der Waals surface area contributed by atoms with Gasteiger partial charge >= 0.3 is 0 Å². The van der Waals surface area contributed by atoms with Gasteiger partial charge < -0.3 is 20.7 Å². The highest BCUT2D eigenvalue weighted by Crippen LogP contribution is 2.18. The lowest BCUT2D eigenvalue weighted by Crippen LogP contribution is -2.47. The van der Waals surface area contributed by atoms with Crippen LogP contribution in [-0.4, -0.2) is 48.9 Å². The predicted octanol–water partition coefficient (Wildman–Crippen LogP) is 0.101. The number of carbonyl (C=O) groups is 3. The lowest BCUT2D eigenvalue weighted by molar-refractivity contribution is -0.136. The van der Waals surface area contributed by atoms with Crippen LogP contribution in [0.4, 0.5) is 0 Å². The standard InChI is InChI=1S/C14H19N3O4S/c1-21-8-9-4-5-11(22-9)14(20)16-7-12(18)17-6-2-3-10(17)13(15)19/h4-5,10H,2-3,6-8H2,1H3,(H2,15,19)(H,16,20). The van der Waals surface area contributed by atoms with Gasteiger partial charge in [0.2, 0.25) is 11.8 Å². The second kappa shape index (κ2) is 7.37. The molecule has 120 valence electrons. The number of nitrogens with two attached hydrogens (primary N) is 1. The summed E-state index contributed by atoms with van der Waals surface area (Å²) in [5.41, 5.74) is 5.27. The maximum atomic E-state index is 12.1. The maximum Gasteiger partial charge on any atom is 0.261 e. The summed E-state index contributed by atoms with van der Waals surface area (Å²) in [7, 11) is 1.59. The van der Waals surface area contributed by atoms with Crippen LogP contribution in [-0.2, 0) is 20.9 Å². The summed E-state index contributed by atoms with van der Waals surface area (Å²) in [6.07, 6.45) is 1.33. The van der Waals surface area contributed by atoms with E-state index in [1.807, 2.05) is 6.07 Å². The smallest absolute Gasteiger partial charge is 0.261 e. The molecule has 2 heterocycles. The second-order valence-electron chi connectivity index (χ2n) is 5.03. The predicted molar refractivity (Wildman–Crippen MR) is 81.3 cm³/mol. The van der Waals surface area contributed by atoms with Gasteiger partial charge in [-0.1, -0.05) is 0 Å². The Hall–Kier alpha value is -1.93. The van der Waals surface area contributed by atoms with Crippen molar-refractivity contribution in [3.63, 3.8) is 0 Å². The third kappa shape index (κ3) is 3.83. The van der Waals surface area contributed by atoms with Crippen molar-refractivity contribution in [3.05, 3.63) is 21.9 Å². The minimum absolute atomic E-state index is 0.139. The van der Waals surface area contributed by atoms with E-state index in [1.54, 1.807) is 13.2 Å². The summed E-state index contributed by atoms with van der Waals surface area (Å²) in [4.78, 5) is 38.3. The average molecular weight is 325 g/mol. The number of rotatable bonds is 6. The molecule has 22 heavy (non-hydrogen) atoms. The van der Waals surface area contributed by atoms with E-state index in [0.29, 0.717) is 24.4 Å². The number of hydrogen-bond acceptors (Lipinski definition) is 5. The van der Waals surface area contributed by atoms with Crippen LogP contribution in [0.2, 0.25) is 0 Å². The zero-order chi connectivity index (χ0) is 16.1. The molecule has 0 saturated carbocycles. The van der Waals surface area contributed by atoms with Gasteiger partial charge in [-0.15, -0.1) is 11.3 Å². The van der Waals surface area contributed by atoms with Crippen molar-refractivity contribution >= 4 is 29.1 Å². The number of nitrogens with one attached hydrogen (secondary N) is 1. The Labute approximate surface area is 132 Å². The molecule has 3 amide bonds. The summed E-state index contributed by atoms with van der Waals surface area (Å²) in [6, 6.07) is 2.95. The fourth-order valence-electron chi connectivity index (χ4n) is 2.43. The zero-order valence-electron chi connectivity index (χ0n) is 12.3. The molecule has 2 rings (SSSR count). The highest BCUT2D eigenvalue weighted by atomic mass is 32.1. The van der Waals surface area contributed by atoms with Gasteiger partial charge in [-0.05, 0) is 25.0 Å². The summed E-state index contributed by atoms with van der Waals surface area (Å²) >= 11 is 1.32. The summed E-state index contributed by atoms with van der Waals surface area (Å²) in [6.45, 7) is 0.810. The number of methoxy groups -OCH3 is 1. The molecular weight excluding hydrogens is 306 g/mol. The molecule has 0 bridgehead atoms. The largest absolute Gasteiger partial charge is 0.379 e. The van der Waals surface area contributed by atoms with Crippen LogP contribution < -0.4 is 11.1 Å². The van der Waals surface area contributed by atoms with Crippen LogP contribution in [0.15, 0.2) is 12.1 Å². The normalized spacial score (nSPS) is 17.5. The SMILES string of the molecule is COCc1ccc(C(=O)NCC(=O)N2CCCC2C(N)=O)s1. The molecule has 0 aromatic carbocycles. The molecule has 1 unspecified atom stereocenters. The van der Waals surface area contributed by atoms with E-state index < -0.39 is 11.9 Å². The van der Waals surface area contributed by atoms with Crippen LogP contribution in [0.1, 0.15) is 27.4 Å². The third-order valence-electron chi connectivity index (χ3n) is 3.47. The van der Waals surface area contributed by atoms with E-state index in [4.69, 9.17) is 10.5 Å². The molecular formula is C14H19N3O4S. The molecule has 1 aliphatic rings. The molecule has 7 nitrogen and oxygen atoms in total. The topological polar surface area (TPSA) is 102 Å². The minimum atomic E-state index is -0.556. The van der Waals surface area contributed by atoms with E-state index >= 15 is 0 Å². The highest BCUT2D eigenvalue weighted by molar-refractivity contribution is 7.14. The zero-order valence-corrected chi connectivity index (χ0v) is 13.1. The lowest BCUT2D eigenvalue weighted by atomic mass is 10.2. The van der Waals surface area contributed by atoms with Crippen molar-refractivity contribution < 1.29 is 19.1 Å². The van der Waals surface area contributed by atoms with Crippen molar-refractivity contribution in [1.29, 1.82) is 0 Å². The van der Waals surface area contributed by atoms with Gasteiger partial charge in [0.15, 0.2) is 0 Å². The minimum Gasteiger partial charge on any atom is -0.379 e. The quantitative estimate of drug-likeness (QED) is 0.774. The summed E-state index contributed by atoms with van der Waals surface area (Å²) in [5.74, 6) is -1.10.